The molecular formula is C15H19ClN4OS. The van der Waals surface area contributed by atoms with Crippen molar-refractivity contribution in [2.24, 2.45) is 0 Å². The van der Waals surface area contributed by atoms with Gasteiger partial charge in [0.25, 0.3) is 0 Å². The van der Waals surface area contributed by atoms with Gasteiger partial charge < -0.3 is 9.30 Å². The first-order valence-electron chi connectivity index (χ1n) is 7.34. The summed E-state index contributed by atoms with van der Waals surface area (Å²) in [5, 5.41) is 5.08. The van der Waals surface area contributed by atoms with Crippen LogP contribution in [0.1, 0.15) is 18.9 Å². The van der Waals surface area contributed by atoms with Crippen molar-refractivity contribution in [3.05, 3.63) is 40.4 Å². The van der Waals surface area contributed by atoms with Crippen LogP contribution in [-0.2, 0) is 6.67 Å². The maximum Gasteiger partial charge on any atom is 0.199 e. The summed E-state index contributed by atoms with van der Waals surface area (Å²) in [6, 6.07) is 7.96. The van der Waals surface area contributed by atoms with Gasteiger partial charge in [-0.05, 0) is 56.4 Å². The van der Waals surface area contributed by atoms with Crippen LogP contribution in [0.15, 0.2) is 30.6 Å². The third-order valence-electron chi connectivity index (χ3n) is 3.63. The van der Waals surface area contributed by atoms with E-state index in [9.17, 15) is 0 Å². The average molecular weight is 339 g/mol. The Morgan fingerprint density at radius 1 is 1.36 bits per heavy atom. The minimum absolute atomic E-state index is 0.569. The van der Waals surface area contributed by atoms with Crippen molar-refractivity contribution in [1.82, 2.24) is 19.2 Å². The molecule has 1 aromatic heterocycles. The predicted molar refractivity (Wildman–Crippen MR) is 88.9 cm³/mol. The second-order valence-electron chi connectivity index (χ2n) is 5.57. The van der Waals surface area contributed by atoms with Crippen LogP contribution < -0.4 is 4.74 Å². The molecule has 0 N–H and O–H groups in total. The Balaban J connectivity index is 1.47. The van der Waals surface area contributed by atoms with Crippen LogP contribution in [0.3, 0.4) is 0 Å². The fraction of sp³-hybridized carbons (Fsp3) is 0.467. The number of ether oxygens (including phenoxy) is 1. The third-order valence-corrected chi connectivity index (χ3v) is 4.30. The molecule has 0 bridgehead atoms. The number of rotatable bonds is 7. The summed E-state index contributed by atoms with van der Waals surface area (Å²) >= 11 is 11.3. The second kappa shape index (κ2) is 6.81. The van der Waals surface area contributed by atoms with E-state index >= 15 is 0 Å². The molecule has 118 valence electrons. The Morgan fingerprint density at radius 3 is 2.77 bits per heavy atom. The molecule has 1 aliphatic rings. The number of nitrogens with zero attached hydrogens (tertiary/aromatic N) is 4. The minimum atomic E-state index is 0.569. The second-order valence-corrected chi connectivity index (χ2v) is 6.38. The van der Waals surface area contributed by atoms with Gasteiger partial charge in [-0.25, -0.2) is 4.68 Å². The van der Waals surface area contributed by atoms with Gasteiger partial charge in [0.15, 0.2) is 4.77 Å². The monoisotopic (exact) mass is 338 g/mol. The molecule has 0 saturated heterocycles. The molecule has 0 unspecified atom stereocenters. The molecule has 5 nitrogen and oxygen atoms in total. The number of halogens is 1. The summed E-state index contributed by atoms with van der Waals surface area (Å²) < 4.78 is 10.4. The Bertz CT molecular complexity index is 678. The van der Waals surface area contributed by atoms with Crippen LogP contribution in [-0.4, -0.2) is 39.4 Å². The molecule has 1 aliphatic carbocycles. The summed E-state index contributed by atoms with van der Waals surface area (Å²) in [6.45, 7) is 2.07. The van der Waals surface area contributed by atoms with Crippen LogP contribution >= 0.6 is 23.8 Å². The normalized spacial score (nSPS) is 14.5. The van der Waals surface area contributed by atoms with E-state index in [1.54, 1.807) is 0 Å². The molecule has 0 amide bonds. The van der Waals surface area contributed by atoms with Gasteiger partial charge >= 0.3 is 0 Å². The summed E-state index contributed by atoms with van der Waals surface area (Å²) in [7, 11) is 2.03. The fourth-order valence-electron chi connectivity index (χ4n) is 2.20. The molecule has 0 atom stereocenters. The number of hydrogen-bond donors (Lipinski definition) is 0. The zero-order valence-electron chi connectivity index (χ0n) is 12.5. The third kappa shape index (κ3) is 3.88. The summed E-state index contributed by atoms with van der Waals surface area (Å²) in [5.74, 6) is 0.826. The lowest BCUT2D eigenvalue weighted by Gasteiger charge is -2.16. The highest BCUT2D eigenvalue weighted by Gasteiger charge is 2.24. The van der Waals surface area contributed by atoms with Gasteiger partial charge in [0.05, 0.1) is 6.67 Å². The molecule has 7 heteroatoms. The highest BCUT2D eigenvalue weighted by atomic mass is 35.5. The molecule has 0 radical (unpaired) electrons. The van der Waals surface area contributed by atoms with E-state index in [1.165, 1.54) is 12.8 Å². The quantitative estimate of drug-likeness (QED) is 0.725. The van der Waals surface area contributed by atoms with Gasteiger partial charge in [-0.15, -0.1) is 0 Å². The Labute approximate surface area is 140 Å². The highest BCUT2D eigenvalue weighted by Crippen LogP contribution is 2.34. The van der Waals surface area contributed by atoms with Gasteiger partial charge in [0.1, 0.15) is 18.7 Å². The SMILES string of the molecule is CN(CCOc1ccc(Cl)cc1)Cn1ncn(C2CC2)c1=S. The number of aromatic nitrogens is 3. The van der Waals surface area contributed by atoms with E-state index in [1.807, 2.05) is 42.3 Å². The van der Waals surface area contributed by atoms with E-state index in [2.05, 4.69) is 14.6 Å². The first kappa shape index (κ1) is 15.5. The first-order valence-corrected chi connectivity index (χ1v) is 8.13. The van der Waals surface area contributed by atoms with Gasteiger partial charge in [0.2, 0.25) is 0 Å². The summed E-state index contributed by atoms with van der Waals surface area (Å²) in [4.78, 5) is 2.13. The highest BCUT2D eigenvalue weighted by molar-refractivity contribution is 7.71. The van der Waals surface area contributed by atoms with Gasteiger partial charge in [0, 0.05) is 17.6 Å². The molecule has 1 heterocycles. The molecule has 1 aromatic carbocycles. The number of benzene rings is 1. The summed E-state index contributed by atoms with van der Waals surface area (Å²) in [6.07, 6.45) is 4.27. The molecule has 22 heavy (non-hydrogen) atoms. The van der Waals surface area contributed by atoms with Crippen LogP contribution in [0.4, 0.5) is 0 Å². The maximum absolute atomic E-state index is 5.84. The van der Waals surface area contributed by atoms with Gasteiger partial charge in [-0.2, -0.15) is 5.10 Å². The zero-order chi connectivity index (χ0) is 15.5. The lowest BCUT2D eigenvalue weighted by Crippen LogP contribution is -2.27. The molecular weight excluding hydrogens is 320 g/mol. The van der Waals surface area contributed by atoms with Crippen molar-refractivity contribution in [2.45, 2.75) is 25.6 Å². The first-order chi connectivity index (χ1) is 10.6. The smallest absolute Gasteiger partial charge is 0.199 e. The van der Waals surface area contributed by atoms with Crippen molar-refractivity contribution in [3.63, 3.8) is 0 Å². The molecule has 1 fully saturated rings. The van der Waals surface area contributed by atoms with Gasteiger partial charge in [-0.1, -0.05) is 11.6 Å². The average Bonchev–Trinajstić information content (AvgIpc) is 3.27. The van der Waals surface area contributed by atoms with Crippen molar-refractivity contribution < 1.29 is 4.74 Å². The Morgan fingerprint density at radius 2 is 2.09 bits per heavy atom. The van der Waals surface area contributed by atoms with E-state index < -0.39 is 0 Å². The van der Waals surface area contributed by atoms with Crippen LogP contribution in [0.25, 0.3) is 0 Å². The van der Waals surface area contributed by atoms with Crippen molar-refractivity contribution in [2.75, 3.05) is 20.2 Å². The van der Waals surface area contributed by atoms with Crippen molar-refractivity contribution in [3.8, 4) is 5.75 Å². The van der Waals surface area contributed by atoms with Crippen molar-refractivity contribution >= 4 is 23.8 Å². The Hall–Kier alpha value is -1.37. The summed E-state index contributed by atoms with van der Waals surface area (Å²) in [5.41, 5.74) is 0. The van der Waals surface area contributed by atoms with E-state index in [-0.39, 0.29) is 0 Å². The fourth-order valence-corrected chi connectivity index (χ4v) is 2.63. The molecule has 1 saturated carbocycles. The van der Waals surface area contributed by atoms with Gasteiger partial charge in [-0.3, -0.25) is 4.90 Å². The minimum Gasteiger partial charge on any atom is -0.492 e. The van der Waals surface area contributed by atoms with Crippen LogP contribution in [0, 0.1) is 4.77 Å². The topological polar surface area (TPSA) is 35.2 Å². The molecule has 0 spiro atoms. The van der Waals surface area contributed by atoms with E-state index in [0.717, 1.165) is 17.1 Å². The van der Waals surface area contributed by atoms with Crippen LogP contribution in [0.2, 0.25) is 5.02 Å². The van der Waals surface area contributed by atoms with E-state index in [0.29, 0.717) is 24.3 Å². The molecule has 3 rings (SSSR count). The molecule has 2 aromatic rings. The maximum atomic E-state index is 5.84. The zero-order valence-corrected chi connectivity index (χ0v) is 14.1. The molecule has 0 aliphatic heterocycles. The number of hydrogen-bond acceptors (Lipinski definition) is 4. The lowest BCUT2D eigenvalue weighted by atomic mass is 10.3. The van der Waals surface area contributed by atoms with E-state index in [4.69, 9.17) is 28.6 Å². The van der Waals surface area contributed by atoms with Crippen molar-refractivity contribution in [1.29, 1.82) is 0 Å². The Kier molecular flexibility index (Phi) is 4.81. The largest absolute Gasteiger partial charge is 0.492 e. The number of likely N-dealkylation sites (N-methyl/N-ethyl adjacent to an activating group) is 1. The lowest BCUT2D eigenvalue weighted by molar-refractivity contribution is 0.197. The standard InChI is InChI=1S/C15H19ClN4OS/c1-18(8-9-21-14-6-2-12(16)3-7-14)11-20-15(22)19(10-17-20)13-4-5-13/h2-3,6-7,10,13H,4-5,8-9,11H2,1H3. The predicted octanol–water partition coefficient (Wildman–Crippen LogP) is 3.37. The van der Waals surface area contributed by atoms with Crippen LogP contribution in [0.5, 0.6) is 5.75 Å².